The number of guanidine groups is 1. The van der Waals surface area contributed by atoms with Crippen LogP contribution in [0.2, 0.25) is 0 Å². The number of aromatic hydroxyl groups is 1. The Bertz CT molecular complexity index is 569. The fourth-order valence-electron chi connectivity index (χ4n) is 3.20. The van der Waals surface area contributed by atoms with Crippen molar-refractivity contribution in [3.05, 3.63) is 23.8 Å². The summed E-state index contributed by atoms with van der Waals surface area (Å²) in [5, 5.41) is 16.8. The minimum absolute atomic E-state index is 0.151. The predicted octanol–water partition coefficient (Wildman–Crippen LogP) is 2.72. The maximum Gasteiger partial charge on any atom is 0.191 e. The van der Waals surface area contributed by atoms with Gasteiger partial charge in [-0.15, -0.1) is 0 Å². The molecule has 0 aliphatic carbocycles. The lowest BCUT2D eigenvalue weighted by atomic mass is 10.0. The van der Waals surface area contributed by atoms with Gasteiger partial charge in [0.25, 0.3) is 0 Å². The molecule has 1 saturated heterocycles. The zero-order valence-electron chi connectivity index (χ0n) is 16.4. The van der Waals surface area contributed by atoms with E-state index in [2.05, 4.69) is 34.4 Å². The molecule has 26 heavy (non-hydrogen) atoms. The average Bonchev–Trinajstić information content (AvgIpc) is 2.66. The average molecular weight is 363 g/mol. The lowest BCUT2D eigenvalue weighted by molar-refractivity contribution is 0.203. The summed E-state index contributed by atoms with van der Waals surface area (Å²) < 4.78 is 5.08. The summed E-state index contributed by atoms with van der Waals surface area (Å²) in [4.78, 5) is 7.23. The summed E-state index contributed by atoms with van der Waals surface area (Å²) in [5.74, 6) is 1.48. The van der Waals surface area contributed by atoms with Crippen molar-refractivity contribution in [2.45, 2.75) is 52.1 Å². The first-order chi connectivity index (χ1) is 12.7. The largest absolute Gasteiger partial charge is 0.504 e. The zero-order valence-corrected chi connectivity index (χ0v) is 16.4. The third-order valence-corrected chi connectivity index (χ3v) is 4.76. The van der Waals surface area contributed by atoms with Crippen LogP contribution >= 0.6 is 0 Å². The summed E-state index contributed by atoms with van der Waals surface area (Å²) in [7, 11) is 1.55. The van der Waals surface area contributed by atoms with Crippen LogP contribution in [0.25, 0.3) is 0 Å². The molecule has 1 aromatic rings. The minimum atomic E-state index is 0.151. The molecule has 3 N–H and O–H groups in total. The molecular formula is C20H34N4O2. The van der Waals surface area contributed by atoms with Crippen LogP contribution in [0.3, 0.4) is 0 Å². The number of ether oxygens (including phenoxy) is 1. The Kier molecular flexibility index (Phi) is 8.54. The van der Waals surface area contributed by atoms with E-state index in [4.69, 9.17) is 4.74 Å². The van der Waals surface area contributed by atoms with Gasteiger partial charge in [-0.2, -0.15) is 0 Å². The van der Waals surface area contributed by atoms with E-state index in [0.29, 0.717) is 18.3 Å². The van der Waals surface area contributed by atoms with Crippen LogP contribution in [0.5, 0.6) is 11.5 Å². The lowest BCUT2D eigenvalue weighted by Crippen LogP contribution is -2.48. The van der Waals surface area contributed by atoms with Crippen LogP contribution < -0.4 is 15.4 Å². The predicted molar refractivity (Wildman–Crippen MR) is 107 cm³/mol. The van der Waals surface area contributed by atoms with Crippen molar-refractivity contribution < 1.29 is 9.84 Å². The van der Waals surface area contributed by atoms with E-state index in [0.717, 1.165) is 44.0 Å². The van der Waals surface area contributed by atoms with Gasteiger partial charge in [-0.05, 0) is 50.4 Å². The molecule has 0 bridgehead atoms. The Morgan fingerprint density at radius 1 is 1.31 bits per heavy atom. The van der Waals surface area contributed by atoms with E-state index in [1.54, 1.807) is 19.2 Å². The molecule has 1 fully saturated rings. The molecule has 1 aliphatic rings. The molecule has 0 amide bonds. The van der Waals surface area contributed by atoms with Crippen molar-refractivity contribution in [2.24, 2.45) is 4.99 Å². The van der Waals surface area contributed by atoms with Crippen LogP contribution in [0.15, 0.2) is 23.2 Å². The van der Waals surface area contributed by atoms with Gasteiger partial charge in [0.1, 0.15) is 0 Å². The van der Waals surface area contributed by atoms with Crippen molar-refractivity contribution in [3.8, 4) is 11.5 Å². The number of likely N-dealkylation sites (tertiary alicyclic amines) is 1. The van der Waals surface area contributed by atoms with Gasteiger partial charge in [-0.3, -0.25) is 0 Å². The summed E-state index contributed by atoms with van der Waals surface area (Å²) in [6.45, 7) is 9.20. The summed E-state index contributed by atoms with van der Waals surface area (Å²) >= 11 is 0. The molecule has 6 heteroatoms. The van der Waals surface area contributed by atoms with Crippen LogP contribution in [-0.2, 0) is 6.54 Å². The van der Waals surface area contributed by atoms with Gasteiger partial charge in [-0.25, -0.2) is 4.99 Å². The molecule has 146 valence electrons. The van der Waals surface area contributed by atoms with Gasteiger partial charge in [0.05, 0.1) is 13.7 Å². The molecule has 0 spiro atoms. The van der Waals surface area contributed by atoms with Crippen molar-refractivity contribution >= 4 is 5.96 Å². The third kappa shape index (κ3) is 6.41. The number of methoxy groups -OCH3 is 1. The van der Waals surface area contributed by atoms with Crippen LogP contribution in [0.1, 0.15) is 45.1 Å². The number of nitrogens with one attached hydrogen (secondary N) is 2. The number of rotatable bonds is 8. The Morgan fingerprint density at radius 2 is 2.08 bits per heavy atom. The van der Waals surface area contributed by atoms with E-state index in [1.165, 1.54) is 19.4 Å². The molecular weight excluding hydrogens is 328 g/mol. The zero-order chi connectivity index (χ0) is 18.8. The maximum absolute atomic E-state index is 9.90. The van der Waals surface area contributed by atoms with Crippen LogP contribution in [0.4, 0.5) is 0 Å². The van der Waals surface area contributed by atoms with Crippen molar-refractivity contribution in [3.63, 3.8) is 0 Å². The summed E-state index contributed by atoms with van der Waals surface area (Å²) in [6, 6.07) is 5.87. The second-order valence-electron chi connectivity index (χ2n) is 6.82. The van der Waals surface area contributed by atoms with E-state index in [1.807, 2.05) is 6.07 Å². The second kappa shape index (κ2) is 10.9. The molecule has 0 aromatic heterocycles. The molecule has 1 aromatic carbocycles. The van der Waals surface area contributed by atoms with Crippen molar-refractivity contribution in [1.82, 2.24) is 15.5 Å². The topological polar surface area (TPSA) is 69.1 Å². The second-order valence-corrected chi connectivity index (χ2v) is 6.82. The van der Waals surface area contributed by atoms with Crippen LogP contribution in [0, 0.1) is 0 Å². The smallest absolute Gasteiger partial charge is 0.191 e. The summed E-state index contributed by atoms with van der Waals surface area (Å²) in [6.07, 6.45) is 4.85. The van der Waals surface area contributed by atoms with Crippen molar-refractivity contribution in [2.75, 3.05) is 33.3 Å². The van der Waals surface area contributed by atoms with Gasteiger partial charge in [0.2, 0.25) is 0 Å². The number of benzene rings is 1. The maximum atomic E-state index is 9.90. The Morgan fingerprint density at radius 3 is 2.69 bits per heavy atom. The fourth-order valence-corrected chi connectivity index (χ4v) is 3.20. The molecule has 2 rings (SSSR count). The first-order valence-corrected chi connectivity index (χ1v) is 9.79. The molecule has 0 unspecified atom stereocenters. The van der Waals surface area contributed by atoms with Gasteiger partial charge < -0.3 is 25.4 Å². The highest BCUT2D eigenvalue weighted by atomic mass is 16.5. The minimum Gasteiger partial charge on any atom is -0.504 e. The van der Waals surface area contributed by atoms with Crippen LogP contribution in [-0.4, -0.2) is 55.3 Å². The van der Waals surface area contributed by atoms with Gasteiger partial charge in [0.15, 0.2) is 17.5 Å². The quantitative estimate of drug-likeness (QED) is 0.490. The SMILES string of the molecule is CCCCN1CCC(NC(=NCc2ccc(OC)c(O)c2)NCC)CC1. The van der Waals surface area contributed by atoms with E-state index in [-0.39, 0.29) is 5.75 Å². The van der Waals surface area contributed by atoms with E-state index in [9.17, 15) is 5.11 Å². The van der Waals surface area contributed by atoms with Gasteiger partial charge in [-0.1, -0.05) is 19.4 Å². The number of hydrogen-bond acceptors (Lipinski definition) is 4. The van der Waals surface area contributed by atoms with E-state index >= 15 is 0 Å². The number of piperidine rings is 1. The molecule has 0 radical (unpaired) electrons. The third-order valence-electron chi connectivity index (χ3n) is 4.76. The highest BCUT2D eigenvalue weighted by Crippen LogP contribution is 2.26. The molecule has 0 saturated carbocycles. The standard InChI is InChI=1S/C20H34N4O2/c1-4-6-11-24-12-9-17(10-13-24)23-20(21-5-2)22-15-16-7-8-19(26-3)18(25)14-16/h7-8,14,17,25H,4-6,9-13,15H2,1-3H3,(H2,21,22,23). The highest BCUT2D eigenvalue weighted by molar-refractivity contribution is 5.80. The molecule has 1 aliphatic heterocycles. The van der Waals surface area contributed by atoms with Crippen molar-refractivity contribution in [1.29, 1.82) is 0 Å². The van der Waals surface area contributed by atoms with Gasteiger partial charge >= 0.3 is 0 Å². The lowest BCUT2D eigenvalue weighted by Gasteiger charge is -2.33. The Hall–Kier alpha value is -1.95. The first-order valence-electron chi connectivity index (χ1n) is 9.79. The molecule has 1 heterocycles. The number of aliphatic imine (C=N–C) groups is 1. The number of phenols is 1. The fraction of sp³-hybridized carbons (Fsp3) is 0.650. The number of nitrogens with zero attached hydrogens (tertiary/aromatic N) is 2. The monoisotopic (exact) mass is 362 g/mol. The molecule has 6 nitrogen and oxygen atoms in total. The molecule has 0 atom stereocenters. The van der Waals surface area contributed by atoms with Gasteiger partial charge in [0, 0.05) is 25.7 Å². The first kappa shape index (κ1) is 20.4. The highest BCUT2D eigenvalue weighted by Gasteiger charge is 2.19. The Balaban J connectivity index is 1.88. The normalized spacial score (nSPS) is 16.5. The number of phenolic OH excluding ortho intramolecular Hbond substituents is 1. The number of unbranched alkanes of at least 4 members (excludes halogenated alkanes) is 1. The Labute approximate surface area is 157 Å². The summed E-state index contributed by atoms with van der Waals surface area (Å²) in [5.41, 5.74) is 0.954. The van der Waals surface area contributed by atoms with E-state index < -0.39 is 0 Å². The number of hydrogen-bond donors (Lipinski definition) is 3.